The van der Waals surface area contributed by atoms with Crippen LogP contribution in [0.15, 0.2) is 97.1 Å². The molecule has 0 saturated carbocycles. The third-order valence-corrected chi connectivity index (χ3v) is 11.4. The zero-order chi connectivity index (χ0) is 45.3. The predicted molar refractivity (Wildman–Crippen MR) is 229 cm³/mol. The Hall–Kier alpha value is -7.15. The van der Waals surface area contributed by atoms with Crippen LogP contribution in [0.1, 0.15) is 60.0 Å². The lowest BCUT2D eigenvalue weighted by Crippen LogP contribution is -2.48. The minimum atomic E-state index is -4.81. The molecule has 2 aliphatic rings. The van der Waals surface area contributed by atoms with Gasteiger partial charge in [0.05, 0.1) is 14.2 Å². The highest BCUT2D eigenvalue weighted by molar-refractivity contribution is 7.82. The van der Waals surface area contributed by atoms with Gasteiger partial charge in [0.1, 0.15) is 24.2 Å². The lowest BCUT2D eigenvalue weighted by atomic mass is 10.0. The number of likely N-dealkylation sites (tertiary alicyclic amines) is 2. The summed E-state index contributed by atoms with van der Waals surface area (Å²) < 4.78 is 47.0. The summed E-state index contributed by atoms with van der Waals surface area (Å²) in [7, 11) is -2.45. The Morgan fingerprint density at radius 1 is 0.587 bits per heavy atom. The van der Waals surface area contributed by atoms with Gasteiger partial charge in [0.15, 0.2) is 11.5 Å². The molecule has 6 amide bonds. The zero-order valence-corrected chi connectivity index (χ0v) is 35.8. The van der Waals surface area contributed by atoms with E-state index in [0.717, 1.165) is 0 Å². The smallest absolute Gasteiger partial charge is 0.453 e. The first-order valence-corrected chi connectivity index (χ1v) is 21.4. The van der Waals surface area contributed by atoms with Gasteiger partial charge in [-0.2, -0.15) is 0 Å². The van der Waals surface area contributed by atoms with Gasteiger partial charge in [-0.15, -0.1) is 8.42 Å². The topological polar surface area (TPSA) is 228 Å². The number of aryl methyl sites for hydroxylation is 2. The summed E-state index contributed by atoms with van der Waals surface area (Å²) in [5.41, 5.74) is 2.15. The summed E-state index contributed by atoms with van der Waals surface area (Å²) in [6.07, 6.45) is 0.0996. The minimum absolute atomic E-state index is 0.151. The van der Waals surface area contributed by atoms with Crippen molar-refractivity contribution < 1.29 is 55.0 Å². The van der Waals surface area contributed by atoms with E-state index in [4.69, 9.17) is 17.8 Å². The monoisotopic (exact) mass is 884 g/mol. The first-order valence-electron chi connectivity index (χ1n) is 20.0. The fourth-order valence-electron chi connectivity index (χ4n) is 7.38. The average molecular weight is 885 g/mol. The van der Waals surface area contributed by atoms with Gasteiger partial charge < -0.3 is 48.9 Å². The molecule has 0 radical (unpaired) electrons. The number of hydrogen-bond donors (Lipinski definition) is 4. The Bertz CT molecular complexity index is 2290. The number of hydrogen-bond acceptors (Lipinski definition) is 12. The quantitative estimate of drug-likeness (QED) is 0.130. The molecule has 18 nitrogen and oxygen atoms in total. The predicted octanol–water partition coefficient (Wildman–Crippen LogP) is 5.06. The van der Waals surface area contributed by atoms with Crippen LogP contribution in [0.2, 0.25) is 0 Å². The molecular formula is C44H48N6O12S. The average Bonchev–Trinajstić information content (AvgIpc) is 3.98. The van der Waals surface area contributed by atoms with Gasteiger partial charge in [-0.25, -0.2) is 9.59 Å². The van der Waals surface area contributed by atoms with Crippen molar-refractivity contribution in [3.63, 3.8) is 0 Å². The van der Waals surface area contributed by atoms with Crippen molar-refractivity contribution in [3.05, 3.63) is 119 Å². The van der Waals surface area contributed by atoms with Gasteiger partial charge in [0.2, 0.25) is 11.8 Å². The van der Waals surface area contributed by atoms with Crippen LogP contribution in [0.5, 0.6) is 11.5 Å². The van der Waals surface area contributed by atoms with Gasteiger partial charge in [-0.3, -0.25) is 19.2 Å². The number of alkyl carbamates (subject to hydrolysis) is 2. The number of rotatable bonds is 14. The van der Waals surface area contributed by atoms with Crippen LogP contribution in [0, 0.1) is 13.8 Å². The van der Waals surface area contributed by atoms with Crippen molar-refractivity contribution in [1.29, 1.82) is 0 Å². The van der Waals surface area contributed by atoms with Crippen LogP contribution >= 0.6 is 0 Å². The number of carbonyl (C=O) groups is 6. The second-order valence-corrected chi connectivity index (χ2v) is 16.0. The van der Waals surface area contributed by atoms with Gasteiger partial charge in [0, 0.05) is 36.6 Å². The van der Waals surface area contributed by atoms with Gasteiger partial charge in [-0.1, -0.05) is 72.8 Å². The first-order chi connectivity index (χ1) is 30.2. The highest BCUT2D eigenvalue weighted by atomic mass is 32.3. The van der Waals surface area contributed by atoms with E-state index in [0.29, 0.717) is 47.9 Å². The van der Waals surface area contributed by atoms with Gasteiger partial charge in [-0.05, 0) is 73.9 Å². The lowest BCUT2D eigenvalue weighted by molar-refractivity contribution is -0.138. The van der Waals surface area contributed by atoms with Crippen LogP contribution in [-0.2, 0) is 39.1 Å². The summed E-state index contributed by atoms with van der Waals surface area (Å²) in [4.78, 5) is 82.0. The molecule has 4 atom stereocenters. The van der Waals surface area contributed by atoms with Crippen molar-refractivity contribution in [1.82, 2.24) is 20.4 Å². The highest BCUT2D eigenvalue weighted by Gasteiger charge is 2.40. The molecule has 0 bridgehead atoms. The number of carbonyl (C=O) groups excluding carboxylic acids is 6. The Morgan fingerprint density at radius 2 is 0.968 bits per heavy atom. The third-order valence-electron chi connectivity index (χ3n) is 10.6. The SMILES string of the molecule is COC(=O)N[C@@H](C(=O)N1CCC[C@H]1C(=O)Nc1ccc(C)c(OS(=O)(=O)Oc2cc(NC(=O)[C@@H]3CCCN3C(=O)[C@H](NC(=O)OC)c3ccccc3)ccc2C)c1)c1ccccc1. The van der Waals surface area contributed by atoms with Crippen LogP contribution in [0.3, 0.4) is 0 Å². The number of amides is 6. The number of anilines is 2. The molecule has 332 valence electrons. The van der Waals surface area contributed by atoms with E-state index in [1.807, 2.05) is 0 Å². The Kier molecular flexibility index (Phi) is 14.5. The van der Waals surface area contributed by atoms with Gasteiger partial charge >= 0.3 is 22.6 Å². The van der Waals surface area contributed by atoms with E-state index < -0.39 is 70.4 Å². The van der Waals surface area contributed by atoms with E-state index in [1.165, 1.54) is 48.3 Å². The number of benzene rings is 4. The standard InChI is InChI=1S/C44H48N6O12S/c1-27-19-21-31(45-39(51)33-17-11-23-49(33)41(53)37(47-43(55)59-3)29-13-7-5-8-14-29)25-35(27)61-63(57,58)62-36-26-32(22-20-28(36)2)46-40(52)34-18-12-24-50(34)42(54)38(48-44(56)60-4)30-15-9-6-10-16-30/h5-10,13-16,19-22,25-26,33-34,37-38H,11-12,17-18,23-24H2,1-4H3,(H,45,51)(H,46,52)(H,47,55)(H,48,56)/t33-,34-,37+,38+/m0/s1. The molecule has 19 heteroatoms. The lowest BCUT2D eigenvalue weighted by Gasteiger charge is -2.28. The molecule has 0 unspecified atom stereocenters. The Morgan fingerprint density at radius 3 is 1.33 bits per heavy atom. The Labute approximate surface area is 364 Å². The van der Waals surface area contributed by atoms with Crippen molar-refractivity contribution >= 4 is 57.6 Å². The van der Waals surface area contributed by atoms with Crippen LogP contribution in [0.25, 0.3) is 0 Å². The van der Waals surface area contributed by atoms with E-state index in [9.17, 15) is 37.2 Å². The molecule has 2 aliphatic heterocycles. The van der Waals surface area contributed by atoms with Crippen LogP contribution < -0.4 is 29.6 Å². The van der Waals surface area contributed by atoms with Gasteiger partial charge in [0.25, 0.3) is 11.8 Å². The number of methoxy groups -OCH3 is 2. The van der Waals surface area contributed by atoms with E-state index in [-0.39, 0.29) is 36.0 Å². The van der Waals surface area contributed by atoms with Crippen molar-refractivity contribution in [2.75, 3.05) is 37.9 Å². The molecule has 63 heavy (non-hydrogen) atoms. The maximum Gasteiger partial charge on any atom is 0.501 e. The van der Waals surface area contributed by atoms with Crippen LogP contribution in [0.4, 0.5) is 21.0 Å². The van der Waals surface area contributed by atoms with Crippen LogP contribution in [-0.4, -0.2) is 93.4 Å². The third kappa shape index (κ3) is 11.2. The second kappa shape index (κ2) is 20.1. The van der Waals surface area contributed by atoms with Crippen molar-refractivity contribution in [2.45, 2.75) is 63.7 Å². The fraction of sp³-hybridized carbons (Fsp3) is 0.318. The normalized spacial score (nSPS) is 16.8. The van der Waals surface area contributed by atoms with E-state index >= 15 is 0 Å². The molecule has 0 aliphatic carbocycles. The molecule has 4 aromatic rings. The largest absolute Gasteiger partial charge is 0.501 e. The molecular weight excluding hydrogens is 837 g/mol. The maximum atomic E-state index is 13.8. The number of nitrogens with one attached hydrogen (secondary N) is 4. The second-order valence-electron chi connectivity index (χ2n) is 14.9. The van der Waals surface area contributed by atoms with E-state index in [2.05, 4.69) is 21.3 Å². The molecule has 0 spiro atoms. The highest BCUT2D eigenvalue weighted by Crippen LogP contribution is 2.31. The summed E-state index contributed by atoms with van der Waals surface area (Å²) in [6, 6.07) is 21.9. The molecule has 0 aromatic heterocycles. The maximum absolute atomic E-state index is 13.8. The summed E-state index contributed by atoms with van der Waals surface area (Å²) in [5.74, 6) is -2.38. The molecule has 4 N–H and O–H groups in total. The number of ether oxygens (including phenoxy) is 2. The fourth-order valence-corrected chi connectivity index (χ4v) is 8.21. The first kappa shape index (κ1) is 45.4. The molecule has 4 aromatic carbocycles. The van der Waals surface area contributed by atoms with Crippen molar-refractivity contribution in [3.8, 4) is 11.5 Å². The molecule has 6 rings (SSSR count). The summed E-state index contributed by atoms with van der Waals surface area (Å²) >= 11 is 0. The number of nitrogens with zero attached hydrogens (tertiary/aromatic N) is 2. The zero-order valence-electron chi connectivity index (χ0n) is 35.0. The molecule has 2 heterocycles. The minimum Gasteiger partial charge on any atom is -0.453 e. The Balaban J connectivity index is 1.11. The van der Waals surface area contributed by atoms with E-state index in [1.54, 1.807) is 86.6 Å². The summed E-state index contributed by atoms with van der Waals surface area (Å²) in [5, 5.41) is 10.6. The summed E-state index contributed by atoms with van der Waals surface area (Å²) in [6.45, 7) is 3.71. The molecule has 2 fully saturated rings. The van der Waals surface area contributed by atoms with Crippen molar-refractivity contribution in [2.24, 2.45) is 0 Å². The molecule has 2 saturated heterocycles.